The van der Waals surface area contributed by atoms with Gasteiger partial charge in [-0.25, -0.2) is 14.1 Å². The van der Waals surface area contributed by atoms with Gasteiger partial charge in [-0.3, -0.25) is 9.69 Å². The van der Waals surface area contributed by atoms with Crippen molar-refractivity contribution in [1.29, 1.82) is 0 Å². The Kier molecular flexibility index (Phi) is 4.92. The van der Waals surface area contributed by atoms with E-state index in [9.17, 15) is 9.18 Å². The number of hydrogen-bond acceptors (Lipinski definition) is 4. The van der Waals surface area contributed by atoms with Gasteiger partial charge in [0.05, 0.1) is 17.8 Å². The third-order valence-electron chi connectivity index (χ3n) is 5.15. The summed E-state index contributed by atoms with van der Waals surface area (Å²) in [5.41, 5.74) is 1.84. The first-order chi connectivity index (χ1) is 13.5. The first-order valence-corrected chi connectivity index (χ1v) is 9.28. The van der Waals surface area contributed by atoms with Crippen LogP contribution in [-0.2, 0) is 0 Å². The monoisotopic (exact) mass is 379 g/mol. The van der Waals surface area contributed by atoms with Gasteiger partial charge in [-0.05, 0) is 50.2 Å². The van der Waals surface area contributed by atoms with Crippen LogP contribution in [0.5, 0.6) is 0 Å². The molecular weight excluding hydrogens is 357 g/mol. The smallest absolute Gasteiger partial charge is 0.291 e. The Labute approximate surface area is 163 Å². The molecule has 2 atom stereocenters. The topological polar surface area (TPSA) is 63.1 Å². The molecule has 1 amide bonds. The molecule has 1 aromatic heterocycles. The maximum atomic E-state index is 13.2. The van der Waals surface area contributed by atoms with Crippen LogP contribution in [-0.4, -0.2) is 45.2 Å². The Morgan fingerprint density at radius 1 is 1.14 bits per heavy atom. The Morgan fingerprint density at radius 2 is 1.86 bits per heavy atom. The molecule has 28 heavy (non-hydrogen) atoms. The van der Waals surface area contributed by atoms with Crippen LogP contribution >= 0.6 is 0 Å². The van der Waals surface area contributed by atoms with E-state index in [2.05, 4.69) is 39.5 Å². The number of hydrogen-bond donors (Lipinski definition) is 1. The molecule has 0 radical (unpaired) electrons. The summed E-state index contributed by atoms with van der Waals surface area (Å²) < 4.78 is 14.7. The number of amides is 1. The van der Waals surface area contributed by atoms with Crippen LogP contribution in [0.2, 0.25) is 0 Å². The minimum absolute atomic E-state index is 0.0158. The number of benzene rings is 2. The molecule has 0 saturated carbocycles. The van der Waals surface area contributed by atoms with E-state index in [1.54, 1.807) is 23.7 Å². The molecule has 0 unspecified atom stereocenters. The van der Waals surface area contributed by atoms with Gasteiger partial charge in [-0.15, -0.1) is 5.10 Å². The number of likely N-dealkylation sites (N-methyl/N-ethyl adjacent to an activating group) is 1. The number of carbonyl (C=O) groups is 1. The van der Waals surface area contributed by atoms with Crippen LogP contribution in [0.1, 0.15) is 34.5 Å². The van der Waals surface area contributed by atoms with Gasteiger partial charge >= 0.3 is 0 Å². The molecule has 144 valence electrons. The van der Waals surface area contributed by atoms with Crippen molar-refractivity contribution < 1.29 is 9.18 Å². The molecule has 6 nitrogen and oxygen atoms in total. The van der Waals surface area contributed by atoms with Gasteiger partial charge in [0.15, 0.2) is 0 Å². The maximum Gasteiger partial charge on any atom is 0.291 e. The lowest BCUT2D eigenvalue weighted by Crippen LogP contribution is -2.39. The number of nitrogens with one attached hydrogen (secondary N) is 1. The quantitative estimate of drug-likeness (QED) is 0.757. The van der Waals surface area contributed by atoms with Crippen molar-refractivity contribution in [3.05, 3.63) is 77.6 Å². The summed E-state index contributed by atoms with van der Waals surface area (Å²) in [5, 5.41) is 7.42. The highest BCUT2D eigenvalue weighted by Gasteiger charge is 2.34. The van der Waals surface area contributed by atoms with E-state index in [0.717, 1.165) is 13.0 Å². The predicted molar refractivity (Wildman–Crippen MR) is 104 cm³/mol. The molecule has 1 saturated heterocycles. The van der Waals surface area contributed by atoms with Crippen LogP contribution in [0.4, 0.5) is 4.39 Å². The lowest BCUT2D eigenvalue weighted by molar-refractivity contribution is 0.0917. The minimum Gasteiger partial charge on any atom is -0.345 e. The number of nitrogens with zero attached hydrogens (tertiary/aromatic N) is 4. The molecule has 2 heterocycles. The first-order valence-electron chi connectivity index (χ1n) is 9.28. The Bertz CT molecular complexity index is 970. The fourth-order valence-electron chi connectivity index (χ4n) is 3.78. The summed E-state index contributed by atoms with van der Waals surface area (Å²) >= 11 is 0. The van der Waals surface area contributed by atoms with Gasteiger partial charge in [0, 0.05) is 6.54 Å². The second-order valence-electron chi connectivity index (χ2n) is 7.08. The molecule has 1 N–H and O–H groups in total. The van der Waals surface area contributed by atoms with Crippen molar-refractivity contribution >= 4 is 5.91 Å². The van der Waals surface area contributed by atoms with Crippen molar-refractivity contribution in [3.63, 3.8) is 0 Å². The van der Waals surface area contributed by atoms with E-state index in [1.165, 1.54) is 17.7 Å². The number of halogens is 1. The fourth-order valence-corrected chi connectivity index (χ4v) is 3.78. The molecule has 0 aliphatic carbocycles. The second kappa shape index (κ2) is 7.52. The third-order valence-corrected chi connectivity index (χ3v) is 5.15. The summed E-state index contributed by atoms with van der Waals surface area (Å²) in [6.45, 7) is 2.67. The van der Waals surface area contributed by atoms with Gasteiger partial charge in [-0.1, -0.05) is 30.3 Å². The number of aryl methyl sites for hydroxylation is 1. The SMILES string of the molecule is Cc1nc(C(=O)N[C@@H]2CCN(C)[C@H]2c2ccccc2)nn1-c1ccc(F)cc1. The van der Waals surface area contributed by atoms with Crippen molar-refractivity contribution in [1.82, 2.24) is 25.0 Å². The fraction of sp³-hybridized carbons (Fsp3) is 0.286. The van der Waals surface area contributed by atoms with Gasteiger partial charge in [0.25, 0.3) is 5.91 Å². The Morgan fingerprint density at radius 3 is 2.57 bits per heavy atom. The predicted octanol–water partition coefficient (Wildman–Crippen LogP) is 2.89. The molecule has 4 rings (SSSR count). The van der Waals surface area contributed by atoms with Gasteiger partial charge in [-0.2, -0.15) is 0 Å². The molecule has 0 bridgehead atoms. The average Bonchev–Trinajstić information content (AvgIpc) is 3.26. The van der Waals surface area contributed by atoms with Crippen LogP contribution in [0.15, 0.2) is 54.6 Å². The maximum absolute atomic E-state index is 13.2. The highest BCUT2D eigenvalue weighted by Crippen LogP contribution is 2.30. The Balaban J connectivity index is 1.54. The summed E-state index contributed by atoms with van der Waals surface area (Å²) in [4.78, 5) is 19.4. The van der Waals surface area contributed by atoms with Gasteiger partial charge in [0.2, 0.25) is 5.82 Å². The van der Waals surface area contributed by atoms with Crippen molar-refractivity contribution in [2.45, 2.75) is 25.4 Å². The van der Waals surface area contributed by atoms with E-state index >= 15 is 0 Å². The van der Waals surface area contributed by atoms with Crippen LogP contribution in [0.25, 0.3) is 5.69 Å². The standard InChI is InChI=1S/C21H22FN5O/c1-14-23-20(25-27(14)17-10-8-16(22)9-11-17)21(28)24-18-12-13-26(2)19(18)15-6-4-3-5-7-15/h3-11,18-19H,12-13H2,1-2H3,(H,24,28)/t18-,19+/m1/s1. The normalized spacial score (nSPS) is 19.7. The molecule has 0 spiro atoms. The molecule has 3 aromatic rings. The molecule has 2 aromatic carbocycles. The largest absolute Gasteiger partial charge is 0.345 e. The summed E-state index contributed by atoms with van der Waals surface area (Å²) in [6.07, 6.45) is 0.861. The third kappa shape index (κ3) is 3.53. The molecule has 1 aliphatic heterocycles. The number of aromatic nitrogens is 3. The summed E-state index contributed by atoms with van der Waals surface area (Å²) in [5.74, 6) is 0.0603. The average molecular weight is 379 g/mol. The zero-order valence-electron chi connectivity index (χ0n) is 15.8. The Hall–Kier alpha value is -3.06. The number of likely N-dealkylation sites (tertiary alicyclic amines) is 1. The van der Waals surface area contributed by atoms with E-state index in [0.29, 0.717) is 11.5 Å². The molecule has 1 fully saturated rings. The van der Waals surface area contributed by atoms with Crippen molar-refractivity contribution in [3.8, 4) is 5.69 Å². The first kappa shape index (κ1) is 18.3. The number of rotatable bonds is 4. The van der Waals surface area contributed by atoms with E-state index in [4.69, 9.17) is 0 Å². The zero-order chi connectivity index (χ0) is 19.7. The van der Waals surface area contributed by atoms with Gasteiger partial charge < -0.3 is 5.32 Å². The molecule has 7 heteroatoms. The highest BCUT2D eigenvalue weighted by molar-refractivity contribution is 5.90. The minimum atomic E-state index is -0.322. The van der Waals surface area contributed by atoms with Crippen molar-refractivity contribution in [2.24, 2.45) is 0 Å². The van der Waals surface area contributed by atoms with E-state index in [1.807, 2.05) is 18.2 Å². The molecule has 1 aliphatic rings. The summed E-state index contributed by atoms with van der Waals surface area (Å²) in [6, 6.07) is 16.2. The van der Waals surface area contributed by atoms with Crippen LogP contribution < -0.4 is 5.32 Å². The van der Waals surface area contributed by atoms with Crippen LogP contribution in [0.3, 0.4) is 0 Å². The molecular formula is C21H22FN5O. The number of carbonyl (C=O) groups excluding carboxylic acids is 1. The zero-order valence-corrected chi connectivity index (χ0v) is 15.8. The summed E-state index contributed by atoms with van der Waals surface area (Å²) in [7, 11) is 2.06. The van der Waals surface area contributed by atoms with Crippen LogP contribution in [0, 0.1) is 12.7 Å². The van der Waals surface area contributed by atoms with Crippen molar-refractivity contribution in [2.75, 3.05) is 13.6 Å². The van der Waals surface area contributed by atoms with Gasteiger partial charge in [0.1, 0.15) is 11.6 Å². The second-order valence-corrected chi connectivity index (χ2v) is 7.08. The highest BCUT2D eigenvalue weighted by atomic mass is 19.1. The van der Waals surface area contributed by atoms with E-state index in [-0.39, 0.29) is 29.6 Å². The lowest BCUT2D eigenvalue weighted by Gasteiger charge is -2.25. The lowest BCUT2D eigenvalue weighted by atomic mass is 10.0. The van der Waals surface area contributed by atoms with E-state index < -0.39 is 0 Å².